The molecule has 9 heavy (non-hydrogen) atoms. The van der Waals surface area contributed by atoms with Gasteiger partial charge in [-0.15, -0.1) is 4.52 Å². The number of Topliss-reactive ketones (excluding diaryl/α,β-unsaturated/α-hetero) is 1. The third-order valence-electron chi connectivity index (χ3n) is 0.507. The number of ketones is 1. The summed E-state index contributed by atoms with van der Waals surface area (Å²) in [5.74, 6) is -0.658. The van der Waals surface area contributed by atoms with E-state index in [1.54, 1.807) is 0 Å². The Hall–Kier alpha value is -0.350. The third-order valence-corrected chi connectivity index (χ3v) is 0.847. The van der Waals surface area contributed by atoms with Gasteiger partial charge in [0.15, 0.2) is 12.4 Å². The van der Waals surface area contributed by atoms with Gasteiger partial charge >= 0.3 is 8.25 Å². The second-order valence-corrected chi connectivity index (χ2v) is 1.90. The number of carbonyl (C=O) groups is 1. The molecule has 1 unspecified atom stereocenters. The topological polar surface area (TPSA) is 86.7 Å². The molecule has 0 amide bonds. The van der Waals surface area contributed by atoms with Crippen LogP contribution in [-0.4, -0.2) is 24.1 Å². The van der Waals surface area contributed by atoms with E-state index in [2.05, 4.69) is 4.52 Å². The van der Waals surface area contributed by atoms with Crippen molar-refractivity contribution in [2.45, 2.75) is 0 Å². The maximum Gasteiger partial charge on any atom is 0.488 e. The van der Waals surface area contributed by atoms with Crippen molar-refractivity contribution in [2.24, 2.45) is 0 Å². The van der Waals surface area contributed by atoms with E-state index in [0.29, 0.717) is 0 Å². The molecule has 5 nitrogen and oxygen atoms in total. The Morgan fingerprint density at radius 3 is 2.67 bits per heavy atom. The highest BCUT2D eigenvalue weighted by atomic mass is 31.1. The fraction of sp³-hybridized carbons (Fsp3) is 0.667. The fourth-order valence-corrected chi connectivity index (χ4v) is 0.420. The number of aliphatic hydroxyl groups excluding tert-OH is 1. The van der Waals surface area contributed by atoms with Crippen LogP contribution < -0.4 is 4.89 Å². The number of hydrogen-bond acceptors (Lipinski definition) is 5. The van der Waals surface area contributed by atoms with E-state index in [9.17, 15) is 14.3 Å². The highest BCUT2D eigenvalue weighted by Crippen LogP contribution is 2.06. The van der Waals surface area contributed by atoms with E-state index < -0.39 is 27.3 Å². The summed E-state index contributed by atoms with van der Waals surface area (Å²) in [6, 6.07) is 0. The van der Waals surface area contributed by atoms with Crippen LogP contribution in [0.15, 0.2) is 0 Å². The van der Waals surface area contributed by atoms with Gasteiger partial charge in [0, 0.05) is 0 Å². The molecule has 0 saturated heterocycles. The van der Waals surface area contributed by atoms with Crippen molar-refractivity contribution in [2.75, 3.05) is 13.2 Å². The van der Waals surface area contributed by atoms with E-state index in [1.807, 2.05) is 0 Å². The molecule has 0 rings (SSSR count). The molecule has 6 heteroatoms. The summed E-state index contributed by atoms with van der Waals surface area (Å²) in [6.07, 6.45) is 0. The smallest absolute Gasteiger partial charge is 0.488 e. The van der Waals surface area contributed by atoms with Crippen LogP contribution in [0.1, 0.15) is 0 Å². The first-order valence-corrected chi connectivity index (χ1v) is 3.16. The van der Waals surface area contributed by atoms with Crippen LogP contribution in [0.5, 0.6) is 0 Å². The van der Waals surface area contributed by atoms with Gasteiger partial charge in [-0.3, -0.25) is 4.79 Å². The summed E-state index contributed by atoms with van der Waals surface area (Å²) < 4.78 is 13.4. The Kier molecular flexibility index (Phi) is 4.35. The lowest BCUT2D eigenvalue weighted by Gasteiger charge is -1.87. The van der Waals surface area contributed by atoms with Crippen molar-refractivity contribution < 1.29 is 23.9 Å². The first-order chi connectivity index (χ1) is 4.16. The van der Waals surface area contributed by atoms with Gasteiger partial charge in [0.1, 0.15) is 6.61 Å². The number of rotatable bonds is 4. The Labute approximate surface area is 52.2 Å². The zero-order valence-electron chi connectivity index (χ0n) is 4.44. The number of aliphatic hydroxyl groups is 1. The van der Waals surface area contributed by atoms with Gasteiger partial charge in [-0.2, -0.15) is 0 Å². The largest absolute Gasteiger partial charge is 0.566 e. The van der Waals surface area contributed by atoms with Crippen molar-refractivity contribution >= 4 is 14.0 Å². The summed E-state index contributed by atoms with van der Waals surface area (Å²) in [5.41, 5.74) is 0. The van der Waals surface area contributed by atoms with Crippen LogP contribution in [0.4, 0.5) is 0 Å². The van der Waals surface area contributed by atoms with Crippen molar-refractivity contribution in [3.63, 3.8) is 0 Å². The summed E-state index contributed by atoms with van der Waals surface area (Å²) in [7, 11) is -2.97. The molecule has 0 aromatic heterocycles. The summed E-state index contributed by atoms with van der Waals surface area (Å²) in [5, 5.41) is 8.02. The van der Waals surface area contributed by atoms with Crippen LogP contribution >= 0.6 is 8.25 Å². The van der Waals surface area contributed by atoms with Gasteiger partial charge in [-0.1, -0.05) is 0 Å². The quantitative estimate of drug-likeness (QED) is 0.499. The SMILES string of the molecule is O=C(CO)CO[P+](=O)[O-]. The molecular weight excluding hydrogens is 147 g/mol. The minimum Gasteiger partial charge on any atom is -0.566 e. The van der Waals surface area contributed by atoms with Crippen LogP contribution in [0, 0.1) is 0 Å². The molecule has 0 saturated carbocycles. The Morgan fingerprint density at radius 2 is 2.33 bits per heavy atom. The highest BCUT2D eigenvalue weighted by Gasteiger charge is 2.06. The fourth-order valence-electron chi connectivity index (χ4n) is 0.170. The molecule has 52 valence electrons. The van der Waals surface area contributed by atoms with Crippen LogP contribution in [-0.2, 0) is 13.9 Å². The normalized spacial score (nSPS) is 11.1. The molecule has 0 radical (unpaired) electrons. The molecule has 0 fully saturated rings. The van der Waals surface area contributed by atoms with E-state index in [-0.39, 0.29) is 0 Å². The monoisotopic (exact) mass is 152 g/mol. The number of carbonyl (C=O) groups excluding carboxylic acids is 1. The van der Waals surface area contributed by atoms with Crippen molar-refractivity contribution in [3.05, 3.63) is 0 Å². The minimum atomic E-state index is -2.97. The predicted octanol–water partition coefficient (Wildman–Crippen LogP) is -1.42. The van der Waals surface area contributed by atoms with Gasteiger partial charge in [-0.05, 0) is 4.57 Å². The van der Waals surface area contributed by atoms with Crippen LogP contribution in [0.25, 0.3) is 0 Å². The van der Waals surface area contributed by atoms with Crippen LogP contribution in [0.3, 0.4) is 0 Å². The Balaban J connectivity index is 3.28. The van der Waals surface area contributed by atoms with E-state index in [1.165, 1.54) is 0 Å². The molecule has 0 aliphatic carbocycles. The van der Waals surface area contributed by atoms with Crippen molar-refractivity contribution in [1.82, 2.24) is 0 Å². The second kappa shape index (κ2) is 4.52. The standard InChI is InChI=1S/C3H5O5P/c4-1-3(5)2-8-9(6)7/h4H,1-2H2. The van der Waals surface area contributed by atoms with Gasteiger partial charge in [0.2, 0.25) is 0 Å². The second-order valence-electron chi connectivity index (χ2n) is 1.19. The van der Waals surface area contributed by atoms with Crippen molar-refractivity contribution in [3.8, 4) is 0 Å². The van der Waals surface area contributed by atoms with Gasteiger partial charge in [0.25, 0.3) is 0 Å². The average Bonchev–Trinajstić information content (AvgIpc) is 1.83. The first-order valence-electron chi connectivity index (χ1n) is 2.06. The van der Waals surface area contributed by atoms with Gasteiger partial charge in [0.05, 0.1) is 0 Å². The molecule has 1 atom stereocenters. The molecule has 0 aromatic rings. The Morgan fingerprint density at radius 1 is 1.78 bits per heavy atom. The molecule has 1 N–H and O–H groups in total. The zero-order valence-corrected chi connectivity index (χ0v) is 5.34. The molecule has 0 aromatic carbocycles. The lowest BCUT2D eigenvalue weighted by Crippen LogP contribution is -2.11. The third kappa shape index (κ3) is 5.52. The zero-order chi connectivity index (χ0) is 7.28. The van der Waals surface area contributed by atoms with E-state index >= 15 is 0 Å². The molecule has 0 bridgehead atoms. The van der Waals surface area contributed by atoms with E-state index in [0.717, 1.165) is 0 Å². The lowest BCUT2D eigenvalue weighted by atomic mass is 10.5. The molecular formula is C3H5O5P. The van der Waals surface area contributed by atoms with Gasteiger partial charge in [-0.25, -0.2) is 0 Å². The number of hydrogen-bond donors (Lipinski definition) is 1. The summed E-state index contributed by atoms with van der Waals surface area (Å²) >= 11 is 0. The molecule has 0 aliphatic rings. The molecule has 0 heterocycles. The summed E-state index contributed by atoms with van der Waals surface area (Å²) in [6.45, 7) is -1.27. The van der Waals surface area contributed by atoms with Gasteiger partial charge < -0.3 is 10.00 Å². The minimum absolute atomic E-state index is 0.574. The maximum atomic E-state index is 10.1. The van der Waals surface area contributed by atoms with Crippen molar-refractivity contribution in [1.29, 1.82) is 0 Å². The Bertz CT molecular complexity index is 121. The lowest BCUT2D eigenvalue weighted by molar-refractivity contribution is -0.186. The summed E-state index contributed by atoms with van der Waals surface area (Å²) in [4.78, 5) is 19.7. The predicted molar refractivity (Wildman–Crippen MR) is 25.7 cm³/mol. The van der Waals surface area contributed by atoms with E-state index in [4.69, 9.17) is 5.11 Å². The average molecular weight is 152 g/mol. The first kappa shape index (κ1) is 8.65. The highest BCUT2D eigenvalue weighted by molar-refractivity contribution is 7.30. The maximum absolute atomic E-state index is 10.1. The molecule has 0 spiro atoms. The van der Waals surface area contributed by atoms with Crippen LogP contribution in [0.2, 0.25) is 0 Å². The molecule has 0 aliphatic heterocycles.